The molecular weight excluding hydrogens is 450 g/mol. The molecule has 1 saturated carbocycles. The molecule has 8 heteroatoms. The average Bonchev–Trinajstić information content (AvgIpc) is 3.10. The summed E-state index contributed by atoms with van der Waals surface area (Å²) in [6.45, 7) is 9.47. The quantitative estimate of drug-likeness (QED) is 0.590. The Balaban J connectivity index is 1.63. The van der Waals surface area contributed by atoms with Crippen LogP contribution in [0.2, 0.25) is 0 Å². The predicted octanol–water partition coefficient (Wildman–Crippen LogP) is 2.52. The van der Waals surface area contributed by atoms with Crippen LogP contribution >= 0.6 is 0 Å². The highest BCUT2D eigenvalue weighted by Gasteiger charge is 2.66. The first-order valence-electron chi connectivity index (χ1n) is 12.5. The van der Waals surface area contributed by atoms with Crippen LogP contribution in [0.25, 0.3) is 0 Å². The molecule has 2 fully saturated rings. The van der Waals surface area contributed by atoms with Gasteiger partial charge in [0.25, 0.3) is 5.91 Å². The van der Waals surface area contributed by atoms with Crippen LogP contribution in [0.15, 0.2) is 46.4 Å². The molecule has 1 saturated heterocycles. The Kier molecular flexibility index (Phi) is 5.68. The number of hydrogen-bond acceptors (Lipinski definition) is 7. The molecule has 0 aromatic carbocycles. The van der Waals surface area contributed by atoms with Gasteiger partial charge in [0.15, 0.2) is 12.1 Å². The summed E-state index contributed by atoms with van der Waals surface area (Å²) in [7, 11) is 1.55. The van der Waals surface area contributed by atoms with Gasteiger partial charge in [0.1, 0.15) is 16.9 Å². The molecule has 1 amide bonds. The van der Waals surface area contributed by atoms with Crippen molar-refractivity contribution < 1.29 is 34.0 Å². The van der Waals surface area contributed by atoms with Crippen LogP contribution in [0, 0.1) is 11.8 Å². The van der Waals surface area contributed by atoms with Gasteiger partial charge in [-0.05, 0) is 45.6 Å². The molecule has 0 unspecified atom stereocenters. The van der Waals surface area contributed by atoms with E-state index in [0.29, 0.717) is 36.2 Å². The molecule has 5 aliphatic rings. The lowest BCUT2D eigenvalue weighted by Gasteiger charge is -2.43. The Morgan fingerprint density at radius 1 is 1.20 bits per heavy atom. The number of carbonyl (C=O) groups is 2. The lowest BCUT2D eigenvalue weighted by molar-refractivity contribution is -0.233. The summed E-state index contributed by atoms with van der Waals surface area (Å²) in [6.07, 6.45) is 4.40. The van der Waals surface area contributed by atoms with E-state index in [1.807, 2.05) is 26.8 Å². The minimum atomic E-state index is -1.59. The fraction of sp³-hybridized carbons (Fsp3) is 0.630. The van der Waals surface area contributed by atoms with Crippen LogP contribution < -0.4 is 0 Å². The van der Waals surface area contributed by atoms with E-state index in [1.54, 1.807) is 25.9 Å². The number of aliphatic hydroxyl groups is 2. The van der Waals surface area contributed by atoms with E-state index in [4.69, 9.17) is 14.2 Å². The lowest BCUT2D eigenvalue weighted by atomic mass is 9.76. The molecule has 0 aromatic rings. The Bertz CT molecular complexity index is 1100. The van der Waals surface area contributed by atoms with Crippen molar-refractivity contribution in [2.75, 3.05) is 7.11 Å². The van der Waals surface area contributed by atoms with Crippen LogP contribution in [-0.4, -0.2) is 69.7 Å². The van der Waals surface area contributed by atoms with Crippen molar-refractivity contribution in [3.63, 3.8) is 0 Å². The van der Waals surface area contributed by atoms with Gasteiger partial charge in [-0.15, -0.1) is 0 Å². The molecular formula is C27H35NO7. The topological polar surface area (TPSA) is 106 Å². The second kappa shape index (κ2) is 8.13. The van der Waals surface area contributed by atoms with E-state index in [0.717, 1.165) is 5.57 Å². The summed E-state index contributed by atoms with van der Waals surface area (Å²) >= 11 is 0. The van der Waals surface area contributed by atoms with Gasteiger partial charge in [0.2, 0.25) is 0 Å². The molecule has 0 bridgehead atoms. The Hall–Kier alpha value is -2.26. The van der Waals surface area contributed by atoms with Gasteiger partial charge in [0.05, 0.1) is 36.7 Å². The Morgan fingerprint density at radius 2 is 1.91 bits per heavy atom. The number of aliphatic hydroxyl groups excluding tert-OH is 1. The van der Waals surface area contributed by atoms with Crippen LogP contribution in [0.3, 0.4) is 0 Å². The second-order valence-corrected chi connectivity index (χ2v) is 10.6. The number of nitrogens with zero attached hydrogens (tertiary/aromatic N) is 1. The maximum absolute atomic E-state index is 13.6. The number of methoxy groups -OCH3 is 1. The van der Waals surface area contributed by atoms with Crippen LogP contribution in [0.5, 0.6) is 0 Å². The van der Waals surface area contributed by atoms with E-state index in [2.05, 4.69) is 0 Å². The summed E-state index contributed by atoms with van der Waals surface area (Å²) in [5.41, 5.74) is -0.394. The van der Waals surface area contributed by atoms with Crippen LogP contribution in [0.1, 0.15) is 53.9 Å². The summed E-state index contributed by atoms with van der Waals surface area (Å²) < 4.78 is 18.1. The summed E-state index contributed by atoms with van der Waals surface area (Å²) in [4.78, 5) is 28.2. The zero-order chi connectivity index (χ0) is 25.4. The van der Waals surface area contributed by atoms with Crippen molar-refractivity contribution in [1.82, 2.24) is 4.90 Å². The van der Waals surface area contributed by atoms with Gasteiger partial charge in [0, 0.05) is 24.0 Å². The van der Waals surface area contributed by atoms with Gasteiger partial charge in [-0.1, -0.05) is 25.5 Å². The zero-order valence-corrected chi connectivity index (χ0v) is 21.2. The highest BCUT2D eigenvalue weighted by molar-refractivity contribution is 6.06. The smallest absolute Gasteiger partial charge is 0.258 e. The predicted molar refractivity (Wildman–Crippen MR) is 127 cm³/mol. The van der Waals surface area contributed by atoms with Gasteiger partial charge >= 0.3 is 0 Å². The highest BCUT2D eigenvalue weighted by atomic mass is 16.7. The van der Waals surface area contributed by atoms with Gasteiger partial charge in [-0.25, -0.2) is 0 Å². The van der Waals surface area contributed by atoms with E-state index >= 15 is 0 Å². The number of carbonyl (C=O) groups excluding carboxylic acids is 2. The first kappa shape index (κ1) is 24.4. The molecule has 0 spiro atoms. The van der Waals surface area contributed by atoms with Gasteiger partial charge < -0.3 is 24.4 Å². The third-order valence-electron chi connectivity index (χ3n) is 8.67. The van der Waals surface area contributed by atoms with Crippen molar-refractivity contribution >= 4 is 11.7 Å². The fourth-order valence-electron chi connectivity index (χ4n) is 7.10. The maximum Gasteiger partial charge on any atom is 0.258 e. The van der Waals surface area contributed by atoms with E-state index in [9.17, 15) is 19.8 Å². The van der Waals surface area contributed by atoms with Crippen molar-refractivity contribution in [2.24, 2.45) is 11.8 Å². The first-order chi connectivity index (χ1) is 16.5. The Labute approximate surface area is 205 Å². The number of ether oxygens (including phenoxy) is 3. The monoisotopic (exact) mass is 485 g/mol. The SMILES string of the molecule is CC[C@@]12C=C(C)[C@@H]3[C@@H](C)[C@H](O[C@H]4CC[C@@H](O)[C@@H](C)O4)C4=CC(=O)C=C(N1C(=O)C(C)=C2OC)[C@@]43O. The average molecular weight is 486 g/mol. The van der Waals surface area contributed by atoms with E-state index in [1.165, 1.54) is 12.2 Å². The van der Waals surface area contributed by atoms with E-state index < -0.39 is 35.6 Å². The fourth-order valence-corrected chi connectivity index (χ4v) is 7.10. The minimum absolute atomic E-state index is 0.206. The molecule has 3 heterocycles. The van der Waals surface area contributed by atoms with Crippen molar-refractivity contribution in [3.05, 3.63) is 46.4 Å². The third kappa shape index (κ3) is 3.13. The van der Waals surface area contributed by atoms with Gasteiger partial charge in [-0.2, -0.15) is 0 Å². The Morgan fingerprint density at radius 3 is 2.54 bits per heavy atom. The first-order valence-corrected chi connectivity index (χ1v) is 12.5. The molecule has 35 heavy (non-hydrogen) atoms. The molecule has 5 rings (SSSR count). The second-order valence-electron chi connectivity index (χ2n) is 10.6. The van der Waals surface area contributed by atoms with Gasteiger partial charge in [-0.3, -0.25) is 14.5 Å². The molecule has 0 aromatic heterocycles. The standard InChI is InChI=1S/C27H35NO7/c1-7-26-12-13(2)22-14(3)23(35-21-9-8-19(30)16(5)34-21)18-10-17(29)11-20(27(18,22)32)28(26)25(31)15(4)24(26)33-6/h10-12,14,16,19,21-23,30,32H,7-9H2,1-6H3/t14-,16-,19-,21+,22-,23+,26+,27+/m1/s1. The molecule has 2 N–H and O–H groups in total. The van der Waals surface area contributed by atoms with Crippen molar-refractivity contribution in [1.29, 1.82) is 0 Å². The van der Waals surface area contributed by atoms with Crippen LogP contribution in [-0.2, 0) is 23.8 Å². The normalized spacial score (nSPS) is 42.9. The van der Waals surface area contributed by atoms with Crippen molar-refractivity contribution in [3.8, 4) is 0 Å². The zero-order valence-electron chi connectivity index (χ0n) is 21.2. The van der Waals surface area contributed by atoms with Crippen molar-refractivity contribution in [2.45, 2.75) is 89.6 Å². The van der Waals surface area contributed by atoms with Crippen LogP contribution in [0.4, 0.5) is 0 Å². The molecule has 3 aliphatic heterocycles. The van der Waals surface area contributed by atoms with E-state index in [-0.39, 0.29) is 29.4 Å². The summed E-state index contributed by atoms with van der Waals surface area (Å²) in [6, 6.07) is 0. The molecule has 0 radical (unpaired) electrons. The maximum atomic E-state index is 13.6. The number of fused-ring (bicyclic) bond motifs is 2. The largest absolute Gasteiger partial charge is 0.498 e. The summed E-state index contributed by atoms with van der Waals surface area (Å²) in [5.74, 6) is -0.651. The summed E-state index contributed by atoms with van der Waals surface area (Å²) in [5, 5.41) is 22.5. The number of allylic oxidation sites excluding steroid dienone is 2. The molecule has 2 aliphatic carbocycles. The molecule has 8 nitrogen and oxygen atoms in total. The molecule has 8 atom stereocenters. The minimum Gasteiger partial charge on any atom is -0.498 e. The number of amides is 1. The number of rotatable bonds is 4. The lowest BCUT2D eigenvalue weighted by Crippen LogP contribution is -2.53. The molecule has 190 valence electrons. The highest BCUT2D eigenvalue weighted by Crippen LogP contribution is 2.60. The third-order valence-corrected chi connectivity index (χ3v) is 8.67. The number of hydrogen-bond donors (Lipinski definition) is 2. The number of ketones is 1.